The van der Waals surface area contributed by atoms with Gasteiger partial charge in [0.05, 0.1) is 0 Å². The van der Waals surface area contributed by atoms with Crippen LogP contribution in [-0.4, -0.2) is 32.1 Å². The van der Waals surface area contributed by atoms with Crippen LogP contribution in [0.3, 0.4) is 0 Å². The highest BCUT2D eigenvalue weighted by Crippen LogP contribution is 2.30. The van der Waals surface area contributed by atoms with Gasteiger partial charge < -0.3 is 15.5 Å². The zero-order chi connectivity index (χ0) is 21.8. The maximum absolute atomic E-state index is 13.2. The number of rotatable bonds is 5. The number of nitrogens with one attached hydrogen (secondary N) is 2. The summed E-state index contributed by atoms with van der Waals surface area (Å²) in [5.74, 6) is 0.402. The molecule has 0 bridgehead atoms. The zero-order valence-corrected chi connectivity index (χ0v) is 18.6. The minimum absolute atomic E-state index is 0.0819. The molecule has 1 saturated heterocycles. The largest absolute Gasteiger partial charge is 0.369 e. The van der Waals surface area contributed by atoms with Gasteiger partial charge in [-0.25, -0.2) is 0 Å². The number of carbonyl (C=O) groups is 1. The maximum atomic E-state index is 13.2. The molecule has 0 atom stereocenters. The molecule has 3 aromatic rings. The van der Waals surface area contributed by atoms with Crippen molar-refractivity contribution in [2.45, 2.75) is 26.7 Å². The summed E-state index contributed by atoms with van der Waals surface area (Å²) < 4.78 is 0. The number of hydrogen-bond donors (Lipinski definition) is 2. The molecular weight excluding hydrogens is 382 g/mol. The van der Waals surface area contributed by atoms with E-state index >= 15 is 0 Å². The van der Waals surface area contributed by atoms with Crippen molar-refractivity contribution in [3.8, 4) is 11.1 Å². The predicted octanol–water partition coefficient (Wildman–Crippen LogP) is 5.45. The van der Waals surface area contributed by atoms with Gasteiger partial charge in [-0.3, -0.25) is 4.79 Å². The average Bonchev–Trinajstić information content (AvgIpc) is 2.80. The minimum Gasteiger partial charge on any atom is -0.369 e. The Labute approximate surface area is 185 Å². The van der Waals surface area contributed by atoms with Crippen LogP contribution in [0.5, 0.6) is 0 Å². The van der Waals surface area contributed by atoms with Gasteiger partial charge >= 0.3 is 0 Å². The molecule has 31 heavy (non-hydrogen) atoms. The van der Waals surface area contributed by atoms with Crippen LogP contribution >= 0.6 is 0 Å². The molecule has 4 rings (SSSR count). The fourth-order valence-corrected chi connectivity index (χ4v) is 4.15. The van der Waals surface area contributed by atoms with Gasteiger partial charge in [-0.05, 0) is 65.4 Å². The Morgan fingerprint density at radius 1 is 0.935 bits per heavy atom. The molecule has 0 aromatic heterocycles. The van der Waals surface area contributed by atoms with Gasteiger partial charge in [0.15, 0.2) is 0 Å². The molecular formula is C27H31N3O. The Hall–Kier alpha value is -3.11. The van der Waals surface area contributed by atoms with E-state index in [2.05, 4.69) is 78.8 Å². The molecule has 3 aromatic carbocycles. The first-order chi connectivity index (χ1) is 15.0. The SMILES string of the molecule is Cc1cccc(C(=O)Nc2ccc(N3CCNCC3)cc2)c1-c1ccc(C(C)C)cc1. The van der Waals surface area contributed by atoms with Crippen LogP contribution in [-0.2, 0) is 0 Å². The second-order valence-corrected chi connectivity index (χ2v) is 8.51. The van der Waals surface area contributed by atoms with Gasteiger partial charge in [0, 0.05) is 43.1 Å². The standard InChI is InChI=1S/C27H31N3O/c1-19(2)21-7-9-22(10-8-21)26-20(3)5-4-6-25(26)27(31)29-23-11-13-24(14-12-23)30-17-15-28-16-18-30/h4-14,19,28H,15-18H2,1-3H3,(H,29,31). The van der Waals surface area contributed by atoms with E-state index in [0.717, 1.165) is 48.6 Å². The minimum atomic E-state index is -0.0819. The molecule has 0 spiro atoms. The number of nitrogens with zero attached hydrogens (tertiary/aromatic N) is 1. The van der Waals surface area contributed by atoms with Crippen LogP contribution in [0.2, 0.25) is 0 Å². The van der Waals surface area contributed by atoms with Crippen LogP contribution in [0.15, 0.2) is 66.7 Å². The third-order valence-electron chi connectivity index (χ3n) is 5.99. The number of amides is 1. The highest BCUT2D eigenvalue weighted by atomic mass is 16.1. The van der Waals surface area contributed by atoms with E-state index in [-0.39, 0.29) is 5.91 Å². The van der Waals surface area contributed by atoms with Crippen molar-refractivity contribution < 1.29 is 4.79 Å². The molecule has 160 valence electrons. The van der Waals surface area contributed by atoms with E-state index in [9.17, 15) is 4.79 Å². The summed E-state index contributed by atoms with van der Waals surface area (Å²) in [7, 11) is 0. The lowest BCUT2D eigenvalue weighted by atomic mass is 9.92. The summed E-state index contributed by atoms with van der Waals surface area (Å²) in [6.45, 7) is 10.5. The molecule has 4 nitrogen and oxygen atoms in total. The van der Waals surface area contributed by atoms with E-state index < -0.39 is 0 Å². The average molecular weight is 414 g/mol. The molecule has 0 radical (unpaired) electrons. The highest BCUT2D eigenvalue weighted by molar-refractivity contribution is 6.09. The smallest absolute Gasteiger partial charge is 0.256 e. The quantitative estimate of drug-likeness (QED) is 0.585. The Morgan fingerprint density at radius 2 is 1.61 bits per heavy atom. The van der Waals surface area contributed by atoms with E-state index in [1.807, 2.05) is 24.3 Å². The van der Waals surface area contributed by atoms with Crippen LogP contribution in [0.1, 0.15) is 41.3 Å². The summed E-state index contributed by atoms with van der Waals surface area (Å²) in [4.78, 5) is 15.6. The van der Waals surface area contributed by atoms with E-state index in [0.29, 0.717) is 11.5 Å². The lowest BCUT2D eigenvalue weighted by molar-refractivity contribution is 0.102. The third-order valence-corrected chi connectivity index (χ3v) is 5.99. The van der Waals surface area contributed by atoms with E-state index in [4.69, 9.17) is 0 Å². The van der Waals surface area contributed by atoms with Crippen molar-refractivity contribution in [2.24, 2.45) is 0 Å². The first kappa shape index (κ1) is 21.1. The number of piperazine rings is 1. The summed E-state index contributed by atoms with van der Waals surface area (Å²) in [6, 6.07) is 22.6. The molecule has 1 fully saturated rings. The second kappa shape index (κ2) is 9.36. The van der Waals surface area contributed by atoms with E-state index in [1.165, 1.54) is 11.3 Å². The van der Waals surface area contributed by atoms with Gasteiger partial charge in [0.25, 0.3) is 5.91 Å². The lowest BCUT2D eigenvalue weighted by Gasteiger charge is -2.29. The molecule has 0 aliphatic carbocycles. The van der Waals surface area contributed by atoms with Crippen molar-refractivity contribution in [3.05, 3.63) is 83.4 Å². The molecule has 1 amide bonds. The van der Waals surface area contributed by atoms with Crippen LogP contribution < -0.4 is 15.5 Å². The van der Waals surface area contributed by atoms with E-state index in [1.54, 1.807) is 0 Å². The summed E-state index contributed by atoms with van der Waals surface area (Å²) >= 11 is 0. The molecule has 4 heteroatoms. The molecule has 0 saturated carbocycles. The fourth-order valence-electron chi connectivity index (χ4n) is 4.15. The topological polar surface area (TPSA) is 44.4 Å². The molecule has 1 aliphatic heterocycles. The Kier molecular flexibility index (Phi) is 6.38. The van der Waals surface area contributed by atoms with Crippen LogP contribution in [0.25, 0.3) is 11.1 Å². The highest BCUT2D eigenvalue weighted by Gasteiger charge is 2.16. The Balaban J connectivity index is 1.55. The molecule has 2 N–H and O–H groups in total. The predicted molar refractivity (Wildman–Crippen MR) is 130 cm³/mol. The lowest BCUT2D eigenvalue weighted by Crippen LogP contribution is -2.43. The fraction of sp³-hybridized carbons (Fsp3) is 0.296. The van der Waals surface area contributed by atoms with Crippen LogP contribution in [0.4, 0.5) is 11.4 Å². The number of carbonyl (C=O) groups excluding carboxylic acids is 1. The molecule has 0 unspecified atom stereocenters. The van der Waals surface area contributed by atoms with Gasteiger partial charge in [0.1, 0.15) is 0 Å². The van der Waals surface area contributed by atoms with Gasteiger partial charge in [-0.1, -0.05) is 50.2 Å². The van der Waals surface area contributed by atoms with Gasteiger partial charge in [-0.2, -0.15) is 0 Å². The molecule has 1 aliphatic rings. The number of anilines is 2. The monoisotopic (exact) mass is 413 g/mol. The summed E-state index contributed by atoms with van der Waals surface area (Å²) in [5, 5.41) is 6.46. The van der Waals surface area contributed by atoms with Crippen LogP contribution in [0, 0.1) is 6.92 Å². The van der Waals surface area contributed by atoms with Crippen molar-refractivity contribution >= 4 is 17.3 Å². The Bertz CT molecular complexity index is 1030. The maximum Gasteiger partial charge on any atom is 0.256 e. The first-order valence-electron chi connectivity index (χ1n) is 11.1. The second-order valence-electron chi connectivity index (χ2n) is 8.51. The van der Waals surface area contributed by atoms with Crippen molar-refractivity contribution in [2.75, 3.05) is 36.4 Å². The first-order valence-corrected chi connectivity index (χ1v) is 11.1. The number of benzene rings is 3. The zero-order valence-electron chi connectivity index (χ0n) is 18.6. The number of aryl methyl sites for hydroxylation is 1. The van der Waals surface area contributed by atoms with Crippen molar-refractivity contribution in [1.29, 1.82) is 0 Å². The van der Waals surface area contributed by atoms with Gasteiger partial charge in [-0.15, -0.1) is 0 Å². The van der Waals surface area contributed by atoms with Crippen molar-refractivity contribution in [1.82, 2.24) is 5.32 Å². The summed E-state index contributed by atoms with van der Waals surface area (Å²) in [6.07, 6.45) is 0. The van der Waals surface area contributed by atoms with Crippen molar-refractivity contribution in [3.63, 3.8) is 0 Å². The third kappa shape index (κ3) is 4.80. The van der Waals surface area contributed by atoms with Gasteiger partial charge in [0.2, 0.25) is 0 Å². The summed E-state index contributed by atoms with van der Waals surface area (Å²) in [5.41, 5.74) is 7.16. The normalized spacial score (nSPS) is 14.0. The Morgan fingerprint density at radius 3 is 2.26 bits per heavy atom. The molecule has 1 heterocycles. The number of hydrogen-bond acceptors (Lipinski definition) is 3.